The number of benzene rings is 2. The first-order chi connectivity index (χ1) is 20.8. The molecule has 5 rings (SSSR count). The Kier molecular flexibility index (Phi) is 8.57. The number of hydrogen-bond acceptors (Lipinski definition) is 5. The fourth-order valence-corrected chi connectivity index (χ4v) is 5.40. The topological polar surface area (TPSA) is 86.5 Å². The second-order valence-electron chi connectivity index (χ2n) is 10.6. The van der Waals surface area contributed by atoms with Gasteiger partial charge in [-0.05, 0) is 73.9 Å². The van der Waals surface area contributed by atoms with Crippen molar-refractivity contribution < 1.29 is 45.7 Å². The predicted molar refractivity (Wildman–Crippen MR) is 147 cm³/mol. The summed E-state index contributed by atoms with van der Waals surface area (Å²) in [5.41, 5.74) is 2.02. The van der Waals surface area contributed by atoms with E-state index in [4.69, 9.17) is 9.84 Å². The Morgan fingerprint density at radius 3 is 2.30 bits per heavy atom. The highest BCUT2D eigenvalue weighted by atomic mass is 19.4. The van der Waals surface area contributed by atoms with Gasteiger partial charge in [0.05, 0.1) is 17.8 Å². The fraction of sp³-hybridized carbons (Fsp3) is 0.323. The molecule has 2 aromatic carbocycles. The molecule has 1 saturated carbocycles. The summed E-state index contributed by atoms with van der Waals surface area (Å²) in [5, 5.41) is 12.5. The van der Waals surface area contributed by atoms with Crippen LogP contribution in [0.5, 0.6) is 11.5 Å². The molecule has 1 N–H and O–H groups in total. The number of hydrogen-bond donors (Lipinski definition) is 1. The molecule has 2 aromatic heterocycles. The van der Waals surface area contributed by atoms with Crippen LogP contribution in [-0.4, -0.2) is 32.2 Å². The summed E-state index contributed by atoms with van der Waals surface area (Å²) in [5.74, 6) is -1.94. The molecule has 0 radical (unpaired) electrons. The molecular weight excluding hydrogens is 592 g/mol. The van der Waals surface area contributed by atoms with Gasteiger partial charge in [0.25, 0.3) is 0 Å². The molecule has 0 spiro atoms. The van der Waals surface area contributed by atoms with E-state index in [2.05, 4.69) is 14.8 Å². The number of nitrogens with zero attached hydrogens (tertiary/aromatic N) is 3. The maximum absolute atomic E-state index is 13.8. The number of alkyl halides is 6. The second kappa shape index (κ2) is 12.2. The first-order valence-corrected chi connectivity index (χ1v) is 13.7. The van der Waals surface area contributed by atoms with E-state index in [1.54, 1.807) is 18.2 Å². The number of carbonyl (C=O) groups is 1. The second-order valence-corrected chi connectivity index (χ2v) is 10.6. The Labute approximate surface area is 248 Å². The molecule has 44 heavy (non-hydrogen) atoms. The van der Waals surface area contributed by atoms with E-state index >= 15 is 0 Å². The highest BCUT2D eigenvalue weighted by molar-refractivity contribution is 5.69. The normalized spacial score (nSPS) is 17.3. The lowest BCUT2D eigenvalue weighted by Crippen LogP contribution is -2.27. The molecule has 0 amide bonds. The highest BCUT2D eigenvalue weighted by Gasteiger charge is 2.42. The molecule has 0 saturated heterocycles. The van der Waals surface area contributed by atoms with Crippen molar-refractivity contribution in [3.63, 3.8) is 0 Å². The Morgan fingerprint density at radius 2 is 1.66 bits per heavy atom. The lowest BCUT2D eigenvalue weighted by atomic mass is 9.78. The molecule has 0 aliphatic heterocycles. The smallest absolute Gasteiger partial charge is 0.488 e. The number of carboxylic acid groups (broad SMARTS) is 1. The largest absolute Gasteiger partial charge is 0.511 e. The van der Waals surface area contributed by atoms with Crippen molar-refractivity contribution in [2.75, 3.05) is 0 Å². The number of halogens is 6. The van der Waals surface area contributed by atoms with Gasteiger partial charge < -0.3 is 14.6 Å². The van der Waals surface area contributed by atoms with Gasteiger partial charge in [-0.1, -0.05) is 42.0 Å². The molecule has 1 aliphatic rings. The van der Waals surface area contributed by atoms with Crippen LogP contribution in [0.4, 0.5) is 31.1 Å². The lowest BCUT2D eigenvalue weighted by molar-refractivity contribution is -0.182. The minimum atomic E-state index is -4.99. The molecule has 232 valence electrons. The molecule has 0 bridgehead atoms. The standard InChI is InChI=1S/C31H27F6N3O4/c1-18-5-14-25(43-17-19-6-8-20(9-7-19)21-10-12-22(13-11-21)30(32,33)34)23(15-18)24-3-2-4-27(39-24)40-28(31(35,36)37)26(16-38-40)44-29(41)42/h2-9,14-16,21-22H,10-13,17H2,1H3,(H,41,42)/t21-,22-. The third-order valence-corrected chi connectivity index (χ3v) is 7.60. The molecule has 0 atom stereocenters. The first kappa shape index (κ1) is 30.9. The van der Waals surface area contributed by atoms with Crippen LogP contribution >= 0.6 is 0 Å². The van der Waals surface area contributed by atoms with E-state index in [1.807, 2.05) is 37.3 Å². The Bertz CT molecular complexity index is 1620. The van der Waals surface area contributed by atoms with Gasteiger partial charge in [0.1, 0.15) is 12.4 Å². The monoisotopic (exact) mass is 619 g/mol. The molecule has 4 aromatic rings. The van der Waals surface area contributed by atoms with Crippen molar-refractivity contribution in [3.05, 3.63) is 89.2 Å². The summed E-state index contributed by atoms with van der Waals surface area (Å²) in [6.07, 6.45) is -9.19. The van der Waals surface area contributed by atoms with Crippen LogP contribution in [0.3, 0.4) is 0 Å². The molecule has 1 aliphatic carbocycles. The highest BCUT2D eigenvalue weighted by Crippen LogP contribution is 2.43. The summed E-state index contributed by atoms with van der Waals surface area (Å²) >= 11 is 0. The average molecular weight is 620 g/mol. The zero-order valence-corrected chi connectivity index (χ0v) is 23.3. The van der Waals surface area contributed by atoms with E-state index in [1.165, 1.54) is 12.1 Å². The van der Waals surface area contributed by atoms with Gasteiger partial charge in [-0.25, -0.2) is 14.5 Å². The third kappa shape index (κ3) is 6.98. The van der Waals surface area contributed by atoms with Crippen LogP contribution in [0.15, 0.2) is 66.9 Å². The maximum Gasteiger partial charge on any atom is 0.511 e. The first-order valence-electron chi connectivity index (χ1n) is 13.7. The molecular formula is C31H27F6N3O4. The summed E-state index contributed by atoms with van der Waals surface area (Å²) in [6, 6.07) is 17.2. The zero-order chi connectivity index (χ0) is 31.6. The van der Waals surface area contributed by atoms with Crippen molar-refractivity contribution in [1.29, 1.82) is 0 Å². The van der Waals surface area contributed by atoms with Crippen LogP contribution in [0.25, 0.3) is 17.1 Å². The van der Waals surface area contributed by atoms with Crippen LogP contribution in [0.1, 0.15) is 54.0 Å². The van der Waals surface area contributed by atoms with Crippen LogP contribution in [-0.2, 0) is 12.8 Å². The van der Waals surface area contributed by atoms with Gasteiger partial charge in [0, 0.05) is 5.56 Å². The van der Waals surface area contributed by atoms with Crippen molar-refractivity contribution in [1.82, 2.24) is 14.8 Å². The van der Waals surface area contributed by atoms with Crippen molar-refractivity contribution in [2.24, 2.45) is 5.92 Å². The van der Waals surface area contributed by atoms with Crippen LogP contribution in [0.2, 0.25) is 0 Å². The van der Waals surface area contributed by atoms with Gasteiger partial charge in [-0.2, -0.15) is 31.4 Å². The Balaban J connectivity index is 1.34. The van der Waals surface area contributed by atoms with Crippen LogP contribution in [0, 0.1) is 12.8 Å². The molecule has 2 heterocycles. The summed E-state index contributed by atoms with van der Waals surface area (Å²) in [6.45, 7) is 1.99. The van der Waals surface area contributed by atoms with Crippen molar-refractivity contribution in [3.8, 4) is 28.6 Å². The van der Waals surface area contributed by atoms with Crippen LogP contribution < -0.4 is 9.47 Å². The summed E-state index contributed by atoms with van der Waals surface area (Å²) in [7, 11) is 0. The molecule has 1 fully saturated rings. The minimum Gasteiger partial charge on any atom is -0.488 e. The molecule has 7 nitrogen and oxygen atoms in total. The number of rotatable bonds is 7. The SMILES string of the molecule is Cc1ccc(OCc2ccc([C@H]3CC[C@H](C(F)(F)F)CC3)cc2)c(-c2cccc(-n3ncc(OC(=O)O)c3C(F)(F)F)n2)c1. The van der Waals surface area contributed by atoms with E-state index < -0.39 is 35.9 Å². The third-order valence-electron chi connectivity index (χ3n) is 7.60. The lowest BCUT2D eigenvalue weighted by Gasteiger charge is -2.30. The van der Waals surface area contributed by atoms with Crippen molar-refractivity contribution >= 4 is 6.16 Å². The van der Waals surface area contributed by atoms with Gasteiger partial charge in [0.15, 0.2) is 17.3 Å². The summed E-state index contributed by atoms with van der Waals surface area (Å²) in [4.78, 5) is 15.3. The molecule has 0 unspecified atom stereocenters. The quantitative estimate of drug-likeness (QED) is 0.165. The van der Waals surface area contributed by atoms with Gasteiger partial charge in [-0.3, -0.25) is 0 Å². The number of aryl methyl sites for hydroxylation is 1. The Morgan fingerprint density at radius 1 is 0.955 bits per heavy atom. The van der Waals surface area contributed by atoms with Crippen molar-refractivity contribution in [2.45, 2.75) is 57.5 Å². The number of aromatic nitrogens is 3. The van der Waals surface area contributed by atoms with E-state index in [0.717, 1.165) is 16.7 Å². The van der Waals surface area contributed by atoms with E-state index in [-0.39, 0.29) is 36.9 Å². The van der Waals surface area contributed by atoms with Gasteiger partial charge in [0.2, 0.25) is 0 Å². The van der Waals surface area contributed by atoms with Gasteiger partial charge in [-0.15, -0.1) is 0 Å². The van der Waals surface area contributed by atoms with Gasteiger partial charge >= 0.3 is 18.5 Å². The number of ether oxygens (including phenoxy) is 2. The fourth-order valence-electron chi connectivity index (χ4n) is 5.40. The zero-order valence-electron chi connectivity index (χ0n) is 23.3. The molecule has 13 heteroatoms. The maximum atomic E-state index is 13.8. The van der Waals surface area contributed by atoms with E-state index in [0.29, 0.717) is 35.0 Å². The van der Waals surface area contributed by atoms with E-state index in [9.17, 15) is 31.1 Å². The number of pyridine rings is 1. The minimum absolute atomic E-state index is 0.0741. The Hall–Kier alpha value is -4.55. The average Bonchev–Trinajstić information content (AvgIpc) is 3.40. The summed E-state index contributed by atoms with van der Waals surface area (Å²) < 4.78 is 91.4. The predicted octanol–water partition coefficient (Wildman–Crippen LogP) is 8.73.